The normalized spacial score (nSPS) is 9.58. The van der Waals surface area contributed by atoms with Crippen molar-refractivity contribution in [2.24, 2.45) is 0 Å². The van der Waals surface area contributed by atoms with Crippen LogP contribution in [0.25, 0.3) is 56.6 Å². The number of nitrogens with one attached hydrogen (secondary N) is 1. The SMILES string of the molecule is O=[N+]([O-])O.O=[N+]([O-])O.[Cu+2].c1ccc(-c2cc(-c3nc4ccccc4[nH]3)cc(-c3ccccn3)n2)nc1.c1ccc(-c2ccccn2)nc1. The molecule has 15 nitrogen and oxygen atoms in total. The molecule has 0 aliphatic heterocycles. The van der Waals surface area contributed by atoms with Gasteiger partial charge in [0.25, 0.3) is 10.2 Å². The number of hydrogen-bond acceptors (Lipinski definition) is 10. The zero-order valence-corrected chi connectivity index (χ0v) is 25.5. The molecular formula is C32H25CuN9O6+2. The zero-order chi connectivity index (χ0) is 33.4. The molecule has 48 heavy (non-hydrogen) atoms. The first-order valence-corrected chi connectivity index (χ1v) is 13.6. The topological polar surface area (TPSA) is 220 Å². The van der Waals surface area contributed by atoms with E-state index in [1.165, 1.54) is 0 Å². The number of pyridine rings is 5. The molecule has 0 spiro atoms. The first kappa shape index (κ1) is 35.8. The molecule has 0 atom stereocenters. The number of aromatic nitrogens is 7. The van der Waals surface area contributed by atoms with E-state index >= 15 is 0 Å². The summed E-state index contributed by atoms with van der Waals surface area (Å²) >= 11 is 0. The van der Waals surface area contributed by atoms with Gasteiger partial charge in [0, 0.05) is 30.4 Å². The van der Waals surface area contributed by atoms with Crippen molar-refractivity contribution in [2.75, 3.05) is 0 Å². The second-order valence-electron chi connectivity index (χ2n) is 9.06. The van der Waals surface area contributed by atoms with Gasteiger partial charge in [0.2, 0.25) is 0 Å². The number of fused-ring (bicyclic) bond motifs is 1. The molecule has 1 aromatic carbocycles. The predicted molar refractivity (Wildman–Crippen MR) is 171 cm³/mol. The van der Waals surface area contributed by atoms with Crippen LogP contribution in [0.15, 0.2) is 134 Å². The van der Waals surface area contributed by atoms with Gasteiger partial charge in [0.1, 0.15) is 5.82 Å². The summed E-state index contributed by atoms with van der Waals surface area (Å²) in [6.07, 6.45) is 7.07. The van der Waals surface area contributed by atoms with Crippen molar-refractivity contribution in [2.45, 2.75) is 0 Å². The van der Waals surface area contributed by atoms with Crippen LogP contribution in [0.2, 0.25) is 0 Å². The van der Waals surface area contributed by atoms with Gasteiger partial charge in [-0.1, -0.05) is 36.4 Å². The van der Waals surface area contributed by atoms with E-state index in [1.54, 1.807) is 24.8 Å². The van der Waals surface area contributed by atoms with Crippen LogP contribution in [0.3, 0.4) is 0 Å². The molecule has 0 saturated heterocycles. The van der Waals surface area contributed by atoms with Gasteiger partial charge in [-0.3, -0.25) is 19.9 Å². The largest absolute Gasteiger partial charge is 2.00 e. The van der Waals surface area contributed by atoms with Crippen LogP contribution >= 0.6 is 0 Å². The number of nitrogens with zero attached hydrogens (tertiary/aromatic N) is 8. The Bertz CT molecular complexity index is 1870. The summed E-state index contributed by atoms with van der Waals surface area (Å²) in [6.45, 7) is 0. The van der Waals surface area contributed by atoms with Crippen LogP contribution in [0.5, 0.6) is 0 Å². The van der Waals surface area contributed by atoms with Crippen molar-refractivity contribution in [3.8, 4) is 45.6 Å². The van der Waals surface area contributed by atoms with E-state index in [0.29, 0.717) is 0 Å². The van der Waals surface area contributed by atoms with Gasteiger partial charge < -0.3 is 15.4 Å². The summed E-state index contributed by atoms with van der Waals surface area (Å²) < 4.78 is 0. The quantitative estimate of drug-likeness (QED) is 0.107. The smallest absolute Gasteiger partial charge is 0.338 e. The summed E-state index contributed by atoms with van der Waals surface area (Å²) in [4.78, 5) is 46.9. The van der Waals surface area contributed by atoms with Crippen LogP contribution in [0.4, 0.5) is 0 Å². The molecule has 7 aromatic rings. The maximum atomic E-state index is 8.36. The third kappa shape index (κ3) is 11.1. The molecule has 0 aliphatic rings. The van der Waals surface area contributed by atoms with Crippen molar-refractivity contribution < 1.29 is 37.7 Å². The van der Waals surface area contributed by atoms with Gasteiger partial charge >= 0.3 is 17.1 Å². The van der Waals surface area contributed by atoms with Gasteiger partial charge in [-0.05, 0) is 72.8 Å². The maximum absolute atomic E-state index is 8.36. The van der Waals surface area contributed by atoms with Gasteiger partial charge in [0.15, 0.2) is 0 Å². The zero-order valence-electron chi connectivity index (χ0n) is 24.6. The van der Waals surface area contributed by atoms with Crippen molar-refractivity contribution >= 4 is 11.0 Å². The van der Waals surface area contributed by atoms with Crippen LogP contribution < -0.4 is 0 Å². The van der Waals surface area contributed by atoms with Crippen molar-refractivity contribution in [3.63, 3.8) is 0 Å². The van der Waals surface area contributed by atoms with E-state index in [0.717, 1.165) is 56.6 Å². The van der Waals surface area contributed by atoms with Gasteiger partial charge in [-0.15, -0.1) is 20.2 Å². The number of benzene rings is 1. The van der Waals surface area contributed by atoms with Crippen molar-refractivity contribution in [1.82, 2.24) is 34.9 Å². The Balaban J connectivity index is 0.000000247. The molecule has 6 aromatic heterocycles. The molecule has 3 N–H and O–H groups in total. The molecular weight excluding hydrogens is 670 g/mol. The number of para-hydroxylation sites is 2. The summed E-state index contributed by atoms with van der Waals surface area (Å²) in [5.41, 5.74) is 7.91. The third-order valence-corrected chi connectivity index (χ3v) is 5.94. The van der Waals surface area contributed by atoms with E-state index < -0.39 is 10.2 Å². The van der Waals surface area contributed by atoms with Crippen LogP contribution in [0, 0.1) is 20.2 Å². The second kappa shape index (κ2) is 18.4. The molecule has 7 rings (SSSR count). The Morgan fingerprint density at radius 2 is 0.875 bits per heavy atom. The minimum atomic E-state index is -1.50. The number of H-pyrrole nitrogens is 1. The number of aromatic amines is 1. The number of rotatable bonds is 4. The standard InChI is InChI=1S/C22H15N5.C10H8N2.Cu.2HNO3/c1-2-10-19-18(9-1)26-22(27-19)15-13-20(16-7-3-5-11-23-16)25-21(14-15)17-8-4-6-12-24-17;1-3-7-11-9(5-1)10-6-2-4-8-12-10;;2*2-1(3)4/h1-14H,(H,26,27);1-8H;;2*(H,2,3,4)/q;;+2;;. The Morgan fingerprint density at radius 1 is 0.521 bits per heavy atom. The summed E-state index contributed by atoms with van der Waals surface area (Å²) in [6, 6.07) is 35.2. The average molecular weight is 695 g/mol. The van der Waals surface area contributed by atoms with Crippen molar-refractivity contribution in [1.29, 1.82) is 0 Å². The molecule has 0 fully saturated rings. The molecule has 0 aliphatic carbocycles. The third-order valence-electron chi connectivity index (χ3n) is 5.94. The molecule has 0 unspecified atom stereocenters. The molecule has 0 bridgehead atoms. The monoisotopic (exact) mass is 694 g/mol. The Morgan fingerprint density at radius 3 is 1.23 bits per heavy atom. The first-order chi connectivity index (χ1) is 22.8. The van der Waals surface area contributed by atoms with Crippen LogP contribution in [0.1, 0.15) is 0 Å². The summed E-state index contributed by atoms with van der Waals surface area (Å²) in [5.74, 6) is 0.799. The number of imidazole rings is 1. The van der Waals surface area contributed by atoms with Crippen LogP contribution in [-0.4, -0.2) is 55.5 Å². The second-order valence-corrected chi connectivity index (χ2v) is 9.06. The fourth-order valence-corrected chi connectivity index (χ4v) is 4.08. The average Bonchev–Trinajstić information content (AvgIpc) is 3.54. The van der Waals surface area contributed by atoms with E-state index in [1.807, 2.05) is 109 Å². The Kier molecular flexibility index (Phi) is 13.7. The Hall–Kier alpha value is -6.64. The van der Waals surface area contributed by atoms with E-state index in [2.05, 4.69) is 24.9 Å². The molecule has 6 heterocycles. The Labute approximate surface area is 282 Å². The number of hydrogen-bond donors (Lipinski definition) is 3. The van der Waals surface area contributed by atoms with E-state index in [-0.39, 0.29) is 17.1 Å². The molecule has 16 heteroatoms. The summed E-state index contributed by atoms with van der Waals surface area (Å²) in [5, 5.41) is 27.3. The summed E-state index contributed by atoms with van der Waals surface area (Å²) in [7, 11) is 0. The molecule has 243 valence electrons. The molecule has 1 radical (unpaired) electrons. The van der Waals surface area contributed by atoms with Gasteiger partial charge in [0.05, 0.1) is 45.2 Å². The predicted octanol–water partition coefficient (Wildman–Crippen LogP) is 6.19. The minimum absolute atomic E-state index is 0. The van der Waals surface area contributed by atoms with Crippen LogP contribution in [-0.2, 0) is 17.1 Å². The first-order valence-electron chi connectivity index (χ1n) is 13.6. The van der Waals surface area contributed by atoms with E-state index in [4.69, 9.17) is 40.6 Å². The van der Waals surface area contributed by atoms with Gasteiger partial charge in [-0.2, -0.15) is 0 Å². The van der Waals surface area contributed by atoms with E-state index in [9.17, 15) is 0 Å². The van der Waals surface area contributed by atoms with Gasteiger partial charge in [-0.25, -0.2) is 9.97 Å². The van der Waals surface area contributed by atoms with Crippen molar-refractivity contribution in [3.05, 3.63) is 154 Å². The molecule has 0 saturated carbocycles. The minimum Gasteiger partial charge on any atom is -0.338 e. The fraction of sp³-hybridized carbons (Fsp3) is 0. The molecule has 0 amide bonds. The maximum Gasteiger partial charge on any atom is 2.00 e. The fourth-order valence-electron chi connectivity index (χ4n) is 4.08.